The molecule has 0 spiro atoms. The quantitative estimate of drug-likeness (QED) is 0.881. The summed E-state index contributed by atoms with van der Waals surface area (Å²) in [6.45, 7) is 0.182. The zero-order valence-corrected chi connectivity index (χ0v) is 12.0. The maximum Gasteiger partial charge on any atom is 0.239 e. The SMILES string of the molecule is NC(=O)Cn1nc(C2CCCCC2)c2c1CCCC2N. The highest BCUT2D eigenvalue weighted by atomic mass is 16.1. The fraction of sp³-hybridized carbons (Fsp3) is 0.733. The molecular weight excluding hydrogens is 252 g/mol. The summed E-state index contributed by atoms with van der Waals surface area (Å²) in [6.07, 6.45) is 9.34. The molecule has 2 aliphatic carbocycles. The highest BCUT2D eigenvalue weighted by molar-refractivity contribution is 5.73. The van der Waals surface area contributed by atoms with E-state index < -0.39 is 0 Å². The molecule has 4 N–H and O–H groups in total. The summed E-state index contributed by atoms with van der Waals surface area (Å²) < 4.78 is 1.82. The molecule has 20 heavy (non-hydrogen) atoms. The summed E-state index contributed by atoms with van der Waals surface area (Å²) in [5.41, 5.74) is 15.2. The molecule has 0 radical (unpaired) electrons. The van der Waals surface area contributed by atoms with Gasteiger partial charge in [-0.05, 0) is 32.1 Å². The maximum atomic E-state index is 11.3. The lowest BCUT2D eigenvalue weighted by Crippen LogP contribution is -2.23. The van der Waals surface area contributed by atoms with Crippen molar-refractivity contribution in [3.63, 3.8) is 0 Å². The summed E-state index contributed by atoms with van der Waals surface area (Å²) >= 11 is 0. The van der Waals surface area contributed by atoms with E-state index in [2.05, 4.69) is 0 Å². The Morgan fingerprint density at radius 2 is 1.95 bits per heavy atom. The third-order valence-electron chi connectivity index (χ3n) is 4.72. The van der Waals surface area contributed by atoms with Gasteiger partial charge in [0.15, 0.2) is 0 Å². The van der Waals surface area contributed by atoms with Gasteiger partial charge in [0.1, 0.15) is 6.54 Å². The lowest BCUT2D eigenvalue weighted by molar-refractivity contribution is -0.118. The first-order chi connectivity index (χ1) is 9.66. The molecule has 3 rings (SSSR count). The second kappa shape index (κ2) is 5.56. The van der Waals surface area contributed by atoms with E-state index >= 15 is 0 Å². The number of hydrogen-bond donors (Lipinski definition) is 2. The van der Waals surface area contributed by atoms with Crippen LogP contribution in [0, 0.1) is 0 Å². The van der Waals surface area contributed by atoms with Crippen molar-refractivity contribution < 1.29 is 4.79 Å². The van der Waals surface area contributed by atoms with Crippen LogP contribution in [0.25, 0.3) is 0 Å². The maximum absolute atomic E-state index is 11.3. The van der Waals surface area contributed by atoms with Crippen molar-refractivity contribution in [3.05, 3.63) is 17.0 Å². The van der Waals surface area contributed by atoms with Gasteiger partial charge in [0.05, 0.1) is 5.69 Å². The molecule has 1 unspecified atom stereocenters. The molecule has 5 nitrogen and oxygen atoms in total. The molecule has 1 aromatic heterocycles. The molecule has 1 saturated carbocycles. The molecule has 1 atom stereocenters. The van der Waals surface area contributed by atoms with Gasteiger partial charge in [-0.25, -0.2) is 0 Å². The van der Waals surface area contributed by atoms with Crippen molar-refractivity contribution in [1.29, 1.82) is 0 Å². The Morgan fingerprint density at radius 3 is 2.65 bits per heavy atom. The fourth-order valence-electron chi connectivity index (χ4n) is 3.79. The standard InChI is InChI=1S/C15H24N4O/c16-11-7-4-8-12-14(11)15(10-5-2-1-3-6-10)18-19(12)9-13(17)20/h10-11H,1-9,16H2,(H2,17,20). The third kappa shape index (κ3) is 2.46. The monoisotopic (exact) mass is 276 g/mol. The molecule has 0 saturated heterocycles. The minimum absolute atomic E-state index is 0.0808. The van der Waals surface area contributed by atoms with Gasteiger partial charge in [-0.1, -0.05) is 19.3 Å². The van der Waals surface area contributed by atoms with Gasteiger partial charge >= 0.3 is 0 Å². The summed E-state index contributed by atoms with van der Waals surface area (Å²) in [7, 11) is 0. The van der Waals surface area contributed by atoms with Crippen LogP contribution in [0.4, 0.5) is 0 Å². The van der Waals surface area contributed by atoms with Crippen LogP contribution in [0.2, 0.25) is 0 Å². The number of hydrogen-bond acceptors (Lipinski definition) is 3. The van der Waals surface area contributed by atoms with Crippen molar-refractivity contribution in [2.75, 3.05) is 0 Å². The molecule has 1 fully saturated rings. The predicted octanol–water partition coefficient (Wildman–Crippen LogP) is 1.75. The first kappa shape index (κ1) is 13.6. The van der Waals surface area contributed by atoms with Crippen LogP contribution in [0.5, 0.6) is 0 Å². The molecule has 2 aliphatic rings. The molecule has 0 aliphatic heterocycles. The summed E-state index contributed by atoms with van der Waals surface area (Å²) in [6, 6.07) is 0.0808. The zero-order chi connectivity index (χ0) is 14.1. The van der Waals surface area contributed by atoms with Gasteiger partial charge in [0, 0.05) is 23.2 Å². The van der Waals surface area contributed by atoms with E-state index in [4.69, 9.17) is 16.6 Å². The molecular formula is C15H24N4O. The molecule has 0 aromatic carbocycles. The van der Waals surface area contributed by atoms with Crippen LogP contribution < -0.4 is 11.5 Å². The van der Waals surface area contributed by atoms with Gasteiger partial charge in [-0.2, -0.15) is 5.10 Å². The molecule has 1 aromatic rings. The van der Waals surface area contributed by atoms with E-state index in [0.717, 1.165) is 30.7 Å². The zero-order valence-electron chi connectivity index (χ0n) is 12.0. The molecule has 5 heteroatoms. The smallest absolute Gasteiger partial charge is 0.239 e. The van der Waals surface area contributed by atoms with E-state index in [1.165, 1.54) is 37.7 Å². The van der Waals surface area contributed by atoms with Crippen molar-refractivity contribution >= 4 is 5.91 Å². The number of primary amides is 1. The van der Waals surface area contributed by atoms with Crippen LogP contribution in [-0.4, -0.2) is 15.7 Å². The average molecular weight is 276 g/mol. The topological polar surface area (TPSA) is 86.9 Å². The summed E-state index contributed by atoms with van der Waals surface area (Å²) in [5, 5.41) is 4.74. The first-order valence-electron chi connectivity index (χ1n) is 7.80. The first-order valence-corrected chi connectivity index (χ1v) is 7.80. The Kier molecular flexibility index (Phi) is 3.78. The molecule has 0 bridgehead atoms. The molecule has 1 heterocycles. The van der Waals surface area contributed by atoms with Gasteiger partial charge < -0.3 is 11.5 Å². The lowest BCUT2D eigenvalue weighted by Gasteiger charge is -2.25. The van der Waals surface area contributed by atoms with E-state index in [1.54, 1.807) is 0 Å². The normalized spacial score (nSPS) is 23.6. The second-order valence-corrected chi connectivity index (χ2v) is 6.20. The average Bonchev–Trinajstić information content (AvgIpc) is 2.79. The highest BCUT2D eigenvalue weighted by Crippen LogP contribution is 2.39. The van der Waals surface area contributed by atoms with Crippen molar-refractivity contribution in [3.8, 4) is 0 Å². The van der Waals surface area contributed by atoms with Gasteiger partial charge in [-0.3, -0.25) is 9.48 Å². The predicted molar refractivity (Wildman–Crippen MR) is 77.1 cm³/mol. The van der Waals surface area contributed by atoms with Gasteiger partial charge in [-0.15, -0.1) is 0 Å². The Balaban J connectivity index is 1.99. The number of carbonyl (C=O) groups excluding carboxylic acids is 1. The Hall–Kier alpha value is -1.36. The highest BCUT2D eigenvalue weighted by Gasteiger charge is 2.30. The van der Waals surface area contributed by atoms with Crippen LogP contribution in [0.3, 0.4) is 0 Å². The molecule has 110 valence electrons. The van der Waals surface area contributed by atoms with Crippen LogP contribution in [-0.2, 0) is 17.8 Å². The number of amides is 1. The van der Waals surface area contributed by atoms with Crippen molar-refractivity contribution in [2.45, 2.75) is 69.9 Å². The minimum atomic E-state index is -0.329. The Labute approximate surface area is 119 Å². The van der Waals surface area contributed by atoms with Crippen molar-refractivity contribution in [2.24, 2.45) is 11.5 Å². The van der Waals surface area contributed by atoms with Gasteiger partial charge in [0.2, 0.25) is 5.91 Å². The molecule has 1 amide bonds. The van der Waals surface area contributed by atoms with E-state index in [-0.39, 0.29) is 18.5 Å². The van der Waals surface area contributed by atoms with E-state index in [9.17, 15) is 4.79 Å². The number of nitrogens with zero attached hydrogens (tertiary/aromatic N) is 2. The Morgan fingerprint density at radius 1 is 1.20 bits per heavy atom. The minimum Gasteiger partial charge on any atom is -0.368 e. The largest absolute Gasteiger partial charge is 0.368 e. The second-order valence-electron chi connectivity index (χ2n) is 6.20. The number of aromatic nitrogens is 2. The van der Waals surface area contributed by atoms with Crippen molar-refractivity contribution in [1.82, 2.24) is 9.78 Å². The van der Waals surface area contributed by atoms with E-state index in [0.29, 0.717) is 5.92 Å². The number of carbonyl (C=O) groups is 1. The number of rotatable bonds is 3. The van der Waals surface area contributed by atoms with Crippen LogP contribution in [0.15, 0.2) is 0 Å². The Bertz CT molecular complexity index is 502. The number of nitrogens with two attached hydrogens (primary N) is 2. The lowest BCUT2D eigenvalue weighted by atomic mass is 9.81. The summed E-state index contributed by atoms with van der Waals surface area (Å²) in [4.78, 5) is 11.3. The fourth-order valence-corrected chi connectivity index (χ4v) is 3.79. The third-order valence-corrected chi connectivity index (χ3v) is 4.72. The van der Waals surface area contributed by atoms with Gasteiger partial charge in [0.25, 0.3) is 0 Å². The summed E-state index contributed by atoms with van der Waals surface area (Å²) in [5.74, 6) is 0.195. The number of fused-ring (bicyclic) bond motifs is 1. The van der Waals surface area contributed by atoms with Crippen LogP contribution in [0.1, 0.15) is 73.9 Å². The van der Waals surface area contributed by atoms with E-state index in [1.807, 2.05) is 4.68 Å². The van der Waals surface area contributed by atoms with Crippen LogP contribution >= 0.6 is 0 Å².